The highest BCUT2D eigenvalue weighted by atomic mass is 16.5. The summed E-state index contributed by atoms with van der Waals surface area (Å²) in [4.78, 5) is 0. The molecule has 0 atom stereocenters. The number of hydrogen-bond donors (Lipinski definition) is 2. The van der Waals surface area contributed by atoms with Gasteiger partial charge in [0.2, 0.25) is 0 Å². The van der Waals surface area contributed by atoms with E-state index in [0.29, 0.717) is 11.2 Å². The molecule has 0 aliphatic carbocycles. The van der Waals surface area contributed by atoms with Gasteiger partial charge in [0, 0.05) is 5.70 Å². The summed E-state index contributed by atoms with van der Waals surface area (Å²) < 4.78 is 5.02. The molecule has 0 saturated heterocycles. The third-order valence-electron chi connectivity index (χ3n) is 1.51. The molecule has 1 aromatic rings. The second kappa shape index (κ2) is 4.69. The minimum Gasteiger partial charge on any atom is -0.423 e. The standard InChI is InChI=1S/C9H12BNO2/c1-8(11)7-13-10(12)9-5-3-2-4-6-9/h2-6,12H,1,7,11H2. The zero-order chi connectivity index (χ0) is 9.68. The molecule has 3 N–H and O–H groups in total. The Kier molecular flexibility index (Phi) is 3.55. The van der Waals surface area contributed by atoms with Gasteiger partial charge in [0.25, 0.3) is 0 Å². The van der Waals surface area contributed by atoms with E-state index in [2.05, 4.69) is 6.58 Å². The van der Waals surface area contributed by atoms with Crippen molar-refractivity contribution in [3.05, 3.63) is 42.6 Å². The van der Waals surface area contributed by atoms with Crippen LogP contribution in [0.4, 0.5) is 0 Å². The summed E-state index contributed by atoms with van der Waals surface area (Å²) >= 11 is 0. The predicted octanol–water partition coefficient (Wildman–Crippen LogP) is -0.137. The summed E-state index contributed by atoms with van der Waals surface area (Å²) in [6.07, 6.45) is 0. The van der Waals surface area contributed by atoms with Gasteiger partial charge in [0.1, 0.15) is 0 Å². The van der Waals surface area contributed by atoms with Gasteiger partial charge in [-0.2, -0.15) is 0 Å². The second-order valence-corrected chi connectivity index (χ2v) is 2.73. The second-order valence-electron chi connectivity index (χ2n) is 2.73. The zero-order valence-corrected chi connectivity index (χ0v) is 7.31. The van der Waals surface area contributed by atoms with Gasteiger partial charge < -0.3 is 15.4 Å². The van der Waals surface area contributed by atoms with E-state index >= 15 is 0 Å². The van der Waals surface area contributed by atoms with E-state index < -0.39 is 7.12 Å². The van der Waals surface area contributed by atoms with Crippen LogP contribution in [0.15, 0.2) is 42.6 Å². The molecular formula is C9H12BNO2. The van der Waals surface area contributed by atoms with Crippen molar-refractivity contribution in [2.75, 3.05) is 6.61 Å². The molecule has 0 aliphatic rings. The summed E-state index contributed by atoms with van der Waals surface area (Å²) in [5.41, 5.74) is 6.40. The highest BCUT2D eigenvalue weighted by molar-refractivity contribution is 6.59. The first-order valence-corrected chi connectivity index (χ1v) is 3.98. The summed E-state index contributed by atoms with van der Waals surface area (Å²) in [6, 6.07) is 9.10. The lowest BCUT2D eigenvalue weighted by Crippen LogP contribution is -2.34. The number of rotatable bonds is 4. The Bertz CT molecular complexity index is 276. The molecule has 0 bridgehead atoms. The van der Waals surface area contributed by atoms with E-state index in [1.165, 1.54) is 0 Å². The average Bonchev–Trinajstić information content (AvgIpc) is 2.15. The molecule has 0 spiro atoms. The minimum atomic E-state index is -0.929. The number of nitrogens with two attached hydrogens (primary N) is 1. The van der Waals surface area contributed by atoms with E-state index in [0.717, 1.165) is 0 Å². The minimum absolute atomic E-state index is 0.163. The van der Waals surface area contributed by atoms with E-state index in [1.807, 2.05) is 18.2 Å². The van der Waals surface area contributed by atoms with Gasteiger partial charge in [-0.25, -0.2) is 0 Å². The molecule has 0 fully saturated rings. The van der Waals surface area contributed by atoms with E-state index in [9.17, 15) is 5.02 Å². The van der Waals surface area contributed by atoms with Crippen LogP contribution >= 0.6 is 0 Å². The van der Waals surface area contributed by atoms with Crippen molar-refractivity contribution in [1.29, 1.82) is 0 Å². The quantitative estimate of drug-likeness (QED) is 0.629. The zero-order valence-electron chi connectivity index (χ0n) is 7.31. The lowest BCUT2D eigenvalue weighted by molar-refractivity contribution is 0.295. The molecular weight excluding hydrogens is 165 g/mol. The molecule has 0 unspecified atom stereocenters. The molecule has 1 aromatic carbocycles. The maximum atomic E-state index is 9.45. The van der Waals surface area contributed by atoms with Crippen LogP contribution in [0.25, 0.3) is 0 Å². The van der Waals surface area contributed by atoms with E-state index in [4.69, 9.17) is 10.4 Å². The summed E-state index contributed by atoms with van der Waals surface area (Å²) in [7, 11) is -0.929. The molecule has 0 aromatic heterocycles. The number of hydrogen-bond acceptors (Lipinski definition) is 3. The van der Waals surface area contributed by atoms with Gasteiger partial charge in [-0.15, -0.1) is 0 Å². The fourth-order valence-corrected chi connectivity index (χ4v) is 0.900. The maximum Gasteiger partial charge on any atom is 0.491 e. The Morgan fingerprint density at radius 2 is 2.08 bits per heavy atom. The van der Waals surface area contributed by atoms with Crippen molar-refractivity contribution in [1.82, 2.24) is 0 Å². The van der Waals surface area contributed by atoms with Crippen molar-refractivity contribution in [2.24, 2.45) is 5.73 Å². The fourth-order valence-electron chi connectivity index (χ4n) is 0.900. The van der Waals surface area contributed by atoms with Gasteiger partial charge in [-0.3, -0.25) is 0 Å². The van der Waals surface area contributed by atoms with Gasteiger partial charge in [-0.05, 0) is 5.46 Å². The Balaban J connectivity index is 2.49. The van der Waals surface area contributed by atoms with Crippen LogP contribution in [-0.2, 0) is 4.65 Å². The van der Waals surface area contributed by atoms with Crippen LogP contribution in [0.1, 0.15) is 0 Å². The molecule has 13 heavy (non-hydrogen) atoms. The number of benzene rings is 1. The highest BCUT2D eigenvalue weighted by Gasteiger charge is 2.14. The molecule has 0 saturated carbocycles. The lowest BCUT2D eigenvalue weighted by Gasteiger charge is -2.07. The first-order valence-electron chi connectivity index (χ1n) is 3.98. The Morgan fingerprint density at radius 3 is 2.62 bits per heavy atom. The monoisotopic (exact) mass is 177 g/mol. The SMILES string of the molecule is C=C(N)COB(O)c1ccccc1. The molecule has 0 radical (unpaired) electrons. The van der Waals surface area contributed by atoms with Crippen molar-refractivity contribution >= 4 is 12.6 Å². The van der Waals surface area contributed by atoms with Crippen LogP contribution < -0.4 is 11.2 Å². The van der Waals surface area contributed by atoms with Crippen LogP contribution in [0.5, 0.6) is 0 Å². The fraction of sp³-hybridized carbons (Fsp3) is 0.111. The summed E-state index contributed by atoms with van der Waals surface area (Å²) in [5, 5.41) is 9.45. The Morgan fingerprint density at radius 1 is 1.46 bits per heavy atom. The average molecular weight is 177 g/mol. The molecule has 68 valence electrons. The van der Waals surface area contributed by atoms with E-state index in [1.54, 1.807) is 12.1 Å². The molecule has 0 aliphatic heterocycles. The van der Waals surface area contributed by atoms with Crippen LogP contribution in [0, 0.1) is 0 Å². The third-order valence-corrected chi connectivity index (χ3v) is 1.51. The maximum absolute atomic E-state index is 9.45. The van der Waals surface area contributed by atoms with Crippen LogP contribution in [0.2, 0.25) is 0 Å². The van der Waals surface area contributed by atoms with Crippen molar-refractivity contribution in [3.63, 3.8) is 0 Å². The normalized spacial score (nSPS) is 9.62. The topological polar surface area (TPSA) is 55.5 Å². The van der Waals surface area contributed by atoms with Crippen molar-refractivity contribution in [3.8, 4) is 0 Å². The lowest BCUT2D eigenvalue weighted by atomic mass is 9.80. The molecule has 3 nitrogen and oxygen atoms in total. The highest BCUT2D eigenvalue weighted by Crippen LogP contribution is 1.89. The molecule has 1 rings (SSSR count). The molecule has 0 heterocycles. The third kappa shape index (κ3) is 3.31. The van der Waals surface area contributed by atoms with Gasteiger partial charge >= 0.3 is 7.12 Å². The Labute approximate surface area is 78.0 Å². The molecule has 4 heteroatoms. The van der Waals surface area contributed by atoms with Crippen LogP contribution in [-0.4, -0.2) is 18.7 Å². The van der Waals surface area contributed by atoms with Gasteiger partial charge in [-0.1, -0.05) is 36.9 Å². The predicted molar refractivity (Wildman–Crippen MR) is 53.3 cm³/mol. The summed E-state index contributed by atoms with van der Waals surface area (Å²) in [6.45, 7) is 3.63. The van der Waals surface area contributed by atoms with Crippen LogP contribution in [0.3, 0.4) is 0 Å². The van der Waals surface area contributed by atoms with Crippen molar-refractivity contribution in [2.45, 2.75) is 0 Å². The smallest absolute Gasteiger partial charge is 0.423 e. The first-order chi connectivity index (χ1) is 6.20. The summed E-state index contributed by atoms with van der Waals surface area (Å²) in [5.74, 6) is 0. The first kappa shape index (κ1) is 9.83. The van der Waals surface area contributed by atoms with Gasteiger partial charge in [0.15, 0.2) is 0 Å². The van der Waals surface area contributed by atoms with E-state index in [-0.39, 0.29) is 6.61 Å². The van der Waals surface area contributed by atoms with Crippen molar-refractivity contribution < 1.29 is 9.68 Å². The largest absolute Gasteiger partial charge is 0.491 e. The van der Waals surface area contributed by atoms with Gasteiger partial charge in [0.05, 0.1) is 6.61 Å². The molecule has 0 amide bonds. The Hall–Kier alpha value is -1.26.